The number of alkyl halides is 6. The molecular weight excluding hydrogens is 943 g/mol. The van der Waals surface area contributed by atoms with Gasteiger partial charge in [0, 0.05) is 66.1 Å². The van der Waals surface area contributed by atoms with Crippen molar-refractivity contribution in [2.75, 3.05) is 23.0 Å². The Morgan fingerprint density at radius 2 is 0.606 bits per heavy atom. The van der Waals surface area contributed by atoms with Crippen LogP contribution in [0.4, 0.5) is 37.7 Å². The molecular formula is C51H34F6N4O10. The van der Waals surface area contributed by atoms with Gasteiger partial charge in [0.15, 0.2) is 0 Å². The van der Waals surface area contributed by atoms with Crippen LogP contribution in [0.25, 0.3) is 21.5 Å². The lowest BCUT2D eigenvalue weighted by Crippen LogP contribution is -2.54. The van der Waals surface area contributed by atoms with Crippen molar-refractivity contribution in [1.29, 1.82) is 0 Å². The first-order valence-corrected chi connectivity index (χ1v) is 22.0. The van der Waals surface area contributed by atoms with E-state index < -0.39 is 113 Å². The van der Waals surface area contributed by atoms with Gasteiger partial charge in [0.05, 0.1) is 36.7 Å². The van der Waals surface area contributed by atoms with Gasteiger partial charge in [0.25, 0.3) is 47.3 Å². The Hall–Kier alpha value is -8.10. The summed E-state index contributed by atoms with van der Waals surface area (Å²) in [5.41, 5.74) is -9.31. The Balaban J connectivity index is 0.995. The number of aliphatic hydroxyl groups is 2. The summed E-state index contributed by atoms with van der Waals surface area (Å²) in [6.07, 6.45) is -11.8. The SMILES string of the molecule is CCC(CO)N1C(=O)c2ccc3c4c(ccc(c24)C1=O)C(=O)N(c1ccc(C(c2ccc(N4C(=O)c5ccc6c7c(ccc(c57)C4=O)C(=O)N(C(CC)CO)C6=O)cc2)(C(F)(F)F)C(F)(F)F)cc1)C3=O. The maximum absolute atomic E-state index is 15.4. The van der Waals surface area contributed by atoms with E-state index in [-0.39, 0.29) is 78.9 Å². The average molecular weight is 977 g/mol. The van der Waals surface area contributed by atoms with Crippen LogP contribution in [0.5, 0.6) is 0 Å². The molecule has 360 valence electrons. The maximum atomic E-state index is 15.4. The second kappa shape index (κ2) is 16.0. The second-order valence-corrected chi connectivity index (χ2v) is 17.3. The highest BCUT2D eigenvalue weighted by Crippen LogP contribution is 2.57. The molecule has 10 rings (SSSR count). The molecule has 0 radical (unpaired) electrons. The van der Waals surface area contributed by atoms with Crippen LogP contribution < -0.4 is 9.80 Å². The van der Waals surface area contributed by atoms with E-state index in [4.69, 9.17) is 0 Å². The van der Waals surface area contributed by atoms with Gasteiger partial charge in [-0.25, -0.2) is 9.80 Å². The highest BCUT2D eigenvalue weighted by atomic mass is 19.4. The number of nitrogens with zero attached hydrogens (tertiary/aromatic N) is 4. The van der Waals surface area contributed by atoms with E-state index in [0.717, 1.165) is 34.1 Å². The predicted molar refractivity (Wildman–Crippen MR) is 239 cm³/mol. The number of carbonyl (C=O) groups is 8. The number of anilines is 2. The van der Waals surface area contributed by atoms with Crippen LogP contribution in [0.15, 0.2) is 97.1 Å². The Morgan fingerprint density at radius 1 is 0.380 bits per heavy atom. The summed E-state index contributed by atoms with van der Waals surface area (Å²) in [5, 5.41) is 19.6. The van der Waals surface area contributed by atoms with Crippen molar-refractivity contribution in [3.8, 4) is 0 Å². The minimum atomic E-state index is -6.12. The molecule has 14 nitrogen and oxygen atoms in total. The number of aliphatic hydroxyl groups excluding tert-OH is 2. The third-order valence-electron chi connectivity index (χ3n) is 13.9. The summed E-state index contributed by atoms with van der Waals surface area (Å²) in [6.45, 7) is 2.25. The van der Waals surface area contributed by atoms with Gasteiger partial charge in [-0.3, -0.25) is 48.2 Å². The highest BCUT2D eigenvalue weighted by molar-refractivity contribution is 6.40. The largest absolute Gasteiger partial charge is 0.411 e. The molecule has 8 amide bonds. The summed E-state index contributed by atoms with van der Waals surface area (Å²) < 4.78 is 92.6. The Morgan fingerprint density at radius 3 is 0.803 bits per heavy atom. The van der Waals surface area contributed by atoms with Gasteiger partial charge in [-0.15, -0.1) is 0 Å². The molecule has 4 heterocycles. The van der Waals surface area contributed by atoms with Gasteiger partial charge in [0.2, 0.25) is 5.41 Å². The third-order valence-corrected chi connectivity index (χ3v) is 13.9. The fraction of sp³-hybridized carbons (Fsp3) is 0.216. The van der Waals surface area contributed by atoms with Crippen molar-refractivity contribution in [3.63, 3.8) is 0 Å². The molecule has 0 spiro atoms. The zero-order valence-corrected chi connectivity index (χ0v) is 36.9. The smallest absolute Gasteiger partial charge is 0.394 e. The zero-order chi connectivity index (χ0) is 51.0. The van der Waals surface area contributed by atoms with Crippen molar-refractivity contribution >= 4 is 80.2 Å². The van der Waals surface area contributed by atoms with Crippen LogP contribution in [0.3, 0.4) is 0 Å². The van der Waals surface area contributed by atoms with E-state index in [1.165, 1.54) is 48.5 Å². The van der Waals surface area contributed by atoms with E-state index in [0.29, 0.717) is 34.1 Å². The van der Waals surface area contributed by atoms with Crippen molar-refractivity contribution < 1.29 is 74.9 Å². The quantitative estimate of drug-likeness (QED) is 0.102. The van der Waals surface area contributed by atoms with Crippen molar-refractivity contribution in [1.82, 2.24) is 9.80 Å². The average Bonchev–Trinajstić information content (AvgIpc) is 3.34. The van der Waals surface area contributed by atoms with E-state index in [9.17, 15) is 48.6 Å². The molecule has 20 heteroatoms. The van der Waals surface area contributed by atoms with E-state index in [1.807, 2.05) is 0 Å². The minimum absolute atomic E-state index is 0.00593. The lowest BCUT2D eigenvalue weighted by Gasteiger charge is -2.39. The van der Waals surface area contributed by atoms with Crippen molar-refractivity contribution in [3.05, 3.63) is 153 Å². The first-order valence-electron chi connectivity index (χ1n) is 22.0. The van der Waals surface area contributed by atoms with Crippen LogP contribution in [0.1, 0.15) is 121 Å². The van der Waals surface area contributed by atoms with Crippen LogP contribution in [0.2, 0.25) is 0 Å². The molecule has 6 aromatic rings. The number of halogens is 6. The van der Waals surface area contributed by atoms with E-state index in [2.05, 4.69) is 0 Å². The number of hydrogen-bond donors (Lipinski definition) is 2. The summed E-state index contributed by atoms with van der Waals surface area (Å²) in [5.74, 6) is -7.36. The molecule has 0 aliphatic carbocycles. The first kappa shape index (κ1) is 46.6. The predicted octanol–water partition coefficient (Wildman–Crippen LogP) is 7.74. The summed E-state index contributed by atoms with van der Waals surface area (Å²) in [7, 11) is 0. The van der Waals surface area contributed by atoms with Gasteiger partial charge in [0.1, 0.15) is 0 Å². The molecule has 0 fully saturated rings. The standard InChI is InChI=1S/C51H34F6N4O10/c1-3-25(21-62)58-41(64)29-13-17-33-39-34(18-14-30(37(29)39)42(58)65)46(69)60(45(33)68)27-9-5-23(6-10-27)49(50(52,53)54,51(55,56)57)24-7-11-28(12-8-24)61-47(70)35-19-15-31-38-32(16-20-36(40(35)38)48(61)71)44(67)59(43(31)66)26(4-2)22-63/h5-20,25-26,62-63H,3-4,21-22H2,1-2H3. The molecule has 6 aromatic carbocycles. The Labute approximate surface area is 396 Å². The molecule has 2 atom stereocenters. The number of hydrogen-bond acceptors (Lipinski definition) is 10. The summed E-state index contributed by atoms with van der Waals surface area (Å²) in [4.78, 5) is 114. The molecule has 4 aliphatic rings. The Kier molecular flexibility index (Phi) is 10.5. The molecule has 4 aliphatic heterocycles. The maximum Gasteiger partial charge on any atom is 0.411 e. The summed E-state index contributed by atoms with van der Waals surface area (Å²) >= 11 is 0. The number of imide groups is 4. The van der Waals surface area contributed by atoms with Gasteiger partial charge in [-0.2, -0.15) is 26.3 Å². The van der Waals surface area contributed by atoms with Gasteiger partial charge in [-0.1, -0.05) is 38.1 Å². The normalized spacial score (nSPS) is 16.8. The van der Waals surface area contributed by atoms with Crippen LogP contribution >= 0.6 is 0 Å². The molecule has 0 aromatic heterocycles. The molecule has 0 bridgehead atoms. The van der Waals surface area contributed by atoms with Gasteiger partial charge < -0.3 is 10.2 Å². The molecule has 2 unspecified atom stereocenters. The van der Waals surface area contributed by atoms with E-state index in [1.54, 1.807) is 13.8 Å². The zero-order valence-electron chi connectivity index (χ0n) is 36.9. The van der Waals surface area contributed by atoms with Crippen molar-refractivity contribution in [2.24, 2.45) is 0 Å². The molecule has 0 saturated heterocycles. The first-order chi connectivity index (χ1) is 33.7. The van der Waals surface area contributed by atoms with Crippen LogP contribution in [0, 0.1) is 0 Å². The number of rotatable bonds is 10. The Bertz CT molecular complexity index is 3070. The topological polar surface area (TPSA) is 190 Å². The van der Waals surface area contributed by atoms with Gasteiger partial charge in [-0.05, 0) is 96.8 Å². The summed E-state index contributed by atoms with van der Waals surface area (Å²) in [6, 6.07) is 12.9. The molecule has 2 N–H and O–H groups in total. The van der Waals surface area contributed by atoms with Gasteiger partial charge >= 0.3 is 12.4 Å². The monoisotopic (exact) mass is 976 g/mol. The lowest BCUT2D eigenvalue weighted by molar-refractivity contribution is -0.288. The lowest BCUT2D eigenvalue weighted by atomic mass is 9.72. The third kappa shape index (κ3) is 6.16. The van der Waals surface area contributed by atoms with Crippen LogP contribution in [-0.4, -0.2) is 105 Å². The number of carbonyl (C=O) groups excluding carboxylic acids is 8. The van der Waals surface area contributed by atoms with E-state index >= 15 is 26.3 Å². The molecule has 71 heavy (non-hydrogen) atoms. The highest BCUT2D eigenvalue weighted by Gasteiger charge is 2.72. The van der Waals surface area contributed by atoms with Crippen molar-refractivity contribution in [2.45, 2.75) is 56.5 Å². The fourth-order valence-electron chi connectivity index (χ4n) is 10.4. The number of benzene rings is 6. The second-order valence-electron chi connectivity index (χ2n) is 17.3. The number of amides is 8. The fourth-order valence-corrected chi connectivity index (χ4v) is 10.4. The molecule has 0 saturated carbocycles. The minimum Gasteiger partial charge on any atom is -0.394 e. The van der Waals surface area contributed by atoms with Crippen LogP contribution in [-0.2, 0) is 5.41 Å².